The molecule has 0 spiro atoms. The molecule has 0 aliphatic rings. The van der Waals surface area contributed by atoms with Crippen LogP contribution in [-0.4, -0.2) is 12.2 Å². The minimum Gasteiger partial charge on any atom is -0.508 e. The number of aryl methyl sites for hydroxylation is 1. The summed E-state index contributed by atoms with van der Waals surface area (Å²) >= 11 is 0. The number of phenols is 1. The van der Waals surface area contributed by atoms with Crippen LogP contribution in [0.25, 0.3) is 22.1 Å². The van der Waals surface area contributed by atoms with Gasteiger partial charge in [0.25, 0.3) is 0 Å². The van der Waals surface area contributed by atoms with Gasteiger partial charge in [0.15, 0.2) is 0 Å². The summed E-state index contributed by atoms with van der Waals surface area (Å²) in [5, 5.41) is 10.2. The van der Waals surface area contributed by atoms with Crippen molar-refractivity contribution in [1.82, 2.24) is 0 Å². The summed E-state index contributed by atoms with van der Waals surface area (Å²) in [5.41, 5.74) is 2.16. The van der Waals surface area contributed by atoms with Gasteiger partial charge in [-0.2, -0.15) is 0 Å². The smallest absolute Gasteiger partial charge is 0.344 e. The Morgan fingerprint density at radius 3 is 2.48 bits per heavy atom. The van der Waals surface area contributed by atoms with E-state index in [0.29, 0.717) is 16.9 Å². The second kappa shape index (κ2) is 4.98. The van der Waals surface area contributed by atoms with Gasteiger partial charge in [-0.05, 0) is 42.3 Å². The minimum absolute atomic E-state index is 0.159. The number of ether oxygens (including phenoxy) is 1. The van der Waals surface area contributed by atoms with Crippen LogP contribution in [0.5, 0.6) is 11.5 Å². The lowest BCUT2D eigenvalue weighted by Gasteiger charge is -2.09. The highest BCUT2D eigenvalue weighted by molar-refractivity contribution is 5.87. The van der Waals surface area contributed by atoms with E-state index in [1.54, 1.807) is 37.4 Å². The Labute approximate surface area is 121 Å². The summed E-state index contributed by atoms with van der Waals surface area (Å²) in [6.45, 7) is 1.88. The third kappa shape index (κ3) is 2.25. The summed E-state index contributed by atoms with van der Waals surface area (Å²) in [5.74, 6) is 0.800. The summed E-state index contributed by atoms with van der Waals surface area (Å²) in [6, 6.07) is 11.9. The average Bonchev–Trinajstić information content (AvgIpc) is 2.48. The monoisotopic (exact) mass is 282 g/mol. The average molecular weight is 282 g/mol. The molecule has 0 saturated heterocycles. The van der Waals surface area contributed by atoms with Gasteiger partial charge in [-0.3, -0.25) is 0 Å². The number of methoxy groups -OCH3 is 1. The van der Waals surface area contributed by atoms with Crippen LogP contribution in [0.4, 0.5) is 0 Å². The first kappa shape index (κ1) is 13.2. The van der Waals surface area contributed by atoms with Gasteiger partial charge in [0.05, 0.1) is 12.7 Å². The molecule has 0 saturated carbocycles. The van der Waals surface area contributed by atoms with Gasteiger partial charge in [0.1, 0.15) is 17.1 Å². The van der Waals surface area contributed by atoms with Crippen LogP contribution in [0.15, 0.2) is 51.7 Å². The van der Waals surface area contributed by atoms with Crippen LogP contribution in [0.1, 0.15) is 5.56 Å². The lowest BCUT2D eigenvalue weighted by atomic mass is 9.99. The summed E-state index contributed by atoms with van der Waals surface area (Å²) < 4.78 is 10.5. The maximum atomic E-state index is 12.3. The van der Waals surface area contributed by atoms with Crippen molar-refractivity contribution in [2.75, 3.05) is 7.11 Å². The first-order valence-electron chi connectivity index (χ1n) is 6.51. The van der Waals surface area contributed by atoms with E-state index in [1.165, 1.54) is 0 Å². The molecule has 2 aromatic carbocycles. The van der Waals surface area contributed by atoms with Crippen molar-refractivity contribution >= 4 is 11.0 Å². The third-order valence-electron chi connectivity index (χ3n) is 3.53. The molecule has 1 N–H and O–H groups in total. The van der Waals surface area contributed by atoms with E-state index in [2.05, 4.69) is 0 Å². The second-order valence-electron chi connectivity index (χ2n) is 4.80. The topological polar surface area (TPSA) is 59.7 Å². The Morgan fingerprint density at radius 2 is 1.81 bits per heavy atom. The fraction of sp³-hybridized carbons (Fsp3) is 0.118. The first-order valence-corrected chi connectivity index (χ1v) is 6.51. The van der Waals surface area contributed by atoms with Crippen molar-refractivity contribution in [3.8, 4) is 22.6 Å². The highest BCUT2D eigenvalue weighted by Crippen LogP contribution is 2.29. The summed E-state index contributed by atoms with van der Waals surface area (Å²) in [7, 11) is 1.57. The van der Waals surface area contributed by atoms with Gasteiger partial charge in [-0.1, -0.05) is 12.1 Å². The first-order chi connectivity index (χ1) is 10.1. The van der Waals surface area contributed by atoms with Gasteiger partial charge < -0.3 is 14.3 Å². The molecule has 0 bridgehead atoms. The van der Waals surface area contributed by atoms with Crippen LogP contribution >= 0.6 is 0 Å². The molecule has 0 aliphatic heterocycles. The van der Waals surface area contributed by atoms with Crippen molar-refractivity contribution < 1.29 is 14.3 Å². The van der Waals surface area contributed by atoms with Gasteiger partial charge in [0.2, 0.25) is 0 Å². The molecular formula is C17H14O4. The minimum atomic E-state index is -0.404. The molecule has 3 aromatic rings. The normalized spacial score (nSPS) is 10.8. The van der Waals surface area contributed by atoms with Crippen LogP contribution in [0.2, 0.25) is 0 Å². The number of phenolic OH excluding ortho intramolecular Hbond substituents is 1. The van der Waals surface area contributed by atoms with E-state index in [1.807, 2.05) is 19.1 Å². The van der Waals surface area contributed by atoms with Gasteiger partial charge in [0, 0.05) is 11.5 Å². The van der Waals surface area contributed by atoms with Crippen molar-refractivity contribution in [3.63, 3.8) is 0 Å². The molecule has 21 heavy (non-hydrogen) atoms. The molecule has 0 unspecified atom stereocenters. The van der Waals surface area contributed by atoms with Gasteiger partial charge in [-0.25, -0.2) is 4.79 Å². The van der Waals surface area contributed by atoms with Crippen LogP contribution in [-0.2, 0) is 0 Å². The molecule has 106 valence electrons. The molecule has 0 atom stereocenters. The van der Waals surface area contributed by atoms with Crippen LogP contribution < -0.4 is 10.4 Å². The van der Waals surface area contributed by atoms with E-state index in [9.17, 15) is 9.90 Å². The molecule has 0 radical (unpaired) electrons. The zero-order valence-electron chi connectivity index (χ0n) is 11.7. The predicted octanol–water partition coefficient (Wildman–Crippen LogP) is 3.48. The van der Waals surface area contributed by atoms with E-state index in [0.717, 1.165) is 16.5 Å². The Kier molecular flexibility index (Phi) is 3.14. The second-order valence-corrected chi connectivity index (χ2v) is 4.80. The molecule has 0 fully saturated rings. The van der Waals surface area contributed by atoms with Crippen LogP contribution in [0.3, 0.4) is 0 Å². The van der Waals surface area contributed by atoms with E-state index < -0.39 is 5.63 Å². The largest absolute Gasteiger partial charge is 0.508 e. The lowest BCUT2D eigenvalue weighted by molar-refractivity contribution is 0.414. The van der Waals surface area contributed by atoms with E-state index >= 15 is 0 Å². The highest BCUT2D eigenvalue weighted by Gasteiger charge is 2.13. The van der Waals surface area contributed by atoms with Crippen molar-refractivity contribution in [3.05, 3.63) is 58.4 Å². The molecular weight excluding hydrogens is 268 g/mol. The Bertz CT molecular complexity index is 860. The molecule has 3 rings (SSSR count). The highest BCUT2D eigenvalue weighted by atomic mass is 16.5. The Hall–Kier alpha value is -2.75. The fourth-order valence-corrected chi connectivity index (χ4v) is 2.42. The number of fused-ring (bicyclic) bond motifs is 1. The molecule has 0 aliphatic carbocycles. The number of aromatic hydroxyl groups is 1. The molecule has 4 nitrogen and oxygen atoms in total. The third-order valence-corrected chi connectivity index (χ3v) is 3.53. The SMILES string of the molecule is COc1ccc2c(C)c(-c3ccc(O)cc3)c(=O)oc2c1. The molecule has 0 amide bonds. The van der Waals surface area contributed by atoms with Crippen molar-refractivity contribution in [1.29, 1.82) is 0 Å². The van der Waals surface area contributed by atoms with Crippen LogP contribution in [0, 0.1) is 6.92 Å². The Balaban J connectivity index is 2.29. The molecule has 4 heteroatoms. The van der Waals surface area contributed by atoms with Crippen molar-refractivity contribution in [2.45, 2.75) is 6.92 Å². The maximum Gasteiger partial charge on any atom is 0.344 e. The fourth-order valence-electron chi connectivity index (χ4n) is 2.42. The number of rotatable bonds is 2. The van der Waals surface area contributed by atoms with Gasteiger partial charge in [-0.15, -0.1) is 0 Å². The number of benzene rings is 2. The van der Waals surface area contributed by atoms with Gasteiger partial charge >= 0.3 is 5.63 Å². The number of hydrogen-bond acceptors (Lipinski definition) is 4. The quantitative estimate of drug-likeness (QED) is 0.731. The van der Waals surface area contributed by atoms with Crippen molar-refractivity contribution in [2.24, 2.45) is 0 Å². The Morgan fingerprint density at radius 1 is 1.10 bits per heavy atom. The maximum absolute atomic E-state index is 12.3. The van der Waals surface area contributed by atoms with E-state index in [4.69, 9.17) is 9.15 Å². The molecule has 1 aromatic heterocycles. The predicted molar refractivity (Wildman–Crippen MR) is 80.9 cm³/mol. The zero-order valence-corrected chi connectivity index (χ0v) is 11.7. The van der Waals surface area contributed by atoms with E-state index in [-0.39, 0.29) is 5.75 Å². The summed E-state index contributed by atoms with van der Waals surface area (Å²) in [4.78, 5) is 12.3. The summed E-state index contributed by atoms with van der Waals surface area (Å²) in [6.07, 6.45) is 0. The zero-order chi connectivity index (χ0) is 15.0. The standard InChI is InChI=1S/C17H14O4/c1-10-14-8-7-13(20-2)9-15(14)21-17(19)16(10)11-3-5-12(18)6-4-11/h3-9,18H,1-2H3. The lowest BCUT2D eigenvalue weighted by Crippen LogP contribution is -2.06. The molecule has 1 heterocycles. The number of hydrogen-bond donors (Lipinski definition) is 1.